The first kappa shape index (κ1) is 13.3. The number of rotatable bonds is 3. The lowest BCUT2D eigenvalue weighted by Gasteiger charge is -2.05. The van der Waals surface area contributed by atoms with Crippen LogP contribution in [0.15, 0.2) is 47.3 Å². The van der Waals surface area contributed by atoms with Gasteiger partial charge in [0.2, 0.25) is 0 Å². The summed E-state index contributed by atoms with van der Waals surface area (Å²) in [4.78, 5) is 33.1. The summed E-state index contributed by atoms with van der Waals surface area (Å²) in [6, 6.07) is 6.42. The maximum atomic E-state index is 11.7. The highest BCUT2D eigenvalue weighted by molar-refractivity contribution is 5.98. The maximum Gasteiger partial charge on any atom is 0.272 e. The molecule has 1 aromatic carbocycles. The molecule has 0 atom stereocenters. The summed E-state index contributed by atoms with van der Waals surface area (Å²) in [6.45, 7) is 0. The van der Waals surface area contributed by atoms with Gasteiger partial charge in [0.15, 0.2) is 0 Å². The van der Waals surface area contributed by atoms with Crippen molar-refractivity contribution in [3.05, 3.63) is 64.1 Å². The van der Waals surface area contributed by atoms with Crippen LogP contribution in [0, 0.1) is 10.1 Å². The Kier molecular flexibility index (Phi) is 3.75. The van der Waals surface area contributed by atoms with Gasteiger partial charge in [-0.05, 0) is 18.2 Å². The third-order valence-electron chi connectivity index (χ3n) is 2.41. The number of nitrogens with one attached hydrogen (secondary N) is 2. The number of furan rings is 1. The van der Waals surface area contributed by atoms with Crippen LogP contribution in [0.25, 0.3) is 0 Å². The minimum atomic E-state index is -0.586. The van der Waals surface area contributed by atoms with Crippen molar-refractivity contribution < 1.29 is 18.9 Å². The first-order chi connectivity index (χ1) is 9.58. The van der Waals surface area contributed by atoms with Crippen molar-refractivity contribution in [1.82, 2.24) is 10.9 Å². The van der Waals surface area contributed by atoms with E-state index in [2.05, 4.69) is 10.9 Å². The molecule has 0 radical (unpaired) electrons. The fraction of sp³-hybridized carbons (Fsp3) is 0. The van der Waals surface area contributed by atoms with Crippen molar-refractivity contribution in [2.45, 2.75) is 0 Å². The number of nitrogens with zero attached hydrogens (tertiary/aromatic N) is 1. The molecule has 0 aliphatic heterocycles. The molecule has 2 rings (SSSR count). The molecule has 1 aromatic heterocycles. The van der Waals surface area contributed by atoms with E-state index in [4.69, 9.17) is 4.42 Å². The van der Waals surface area contributed by atoms with Gasteiger partial charge in [0, 0.05) is 17.7 Å². The van der Waals surface area contributed by atoms with Crippen LogP contribution in [0.2, 0.25) is 0 Å². The number of hydrogen-bond acceptors (Lipinski definition) is 5. The zero-order valence-electron chi connectivity index (χ0n) is 10.0. The van der Waals surface area contributed by atoms with Crippen molar-refractivity contribution in [2.75, 3.05) is 0 Å². The van der Waals surface area contributed by atoms with Gasteiger partial charge < -0.3 is 4.42 Å². The summed E-state index contributed by atoms with van der Waals surface area (Å²) in [5.74, 6) is -1.12. The monoisotopic (exact) mass is 275 g/mol. The van der Waals surface area contributed by atoms with Gasteiger partial charge in [-0.25, -0.2) is 0 Å². The highest BCUT2D eigenvalue weighted by Gasteiger charge is 2.11. The van der Waals surface area contributed by atoms with Crippen LogP contribution < -0.4 is 10.9 Å². The van der Waals surface area contributed by atoms with Crippen LogP contribution in [0.5, 0.6) is 0 Å². The molecule has 0 fully saturated rings. The van der Waals surface area contributed by atoms with Crippen LogP contribution in [-0.2, 0) is 0 Å². The summed E-state index contributed by atoms with van der Waals surface area (Å²) < 4.78 is 4.73. The highest BCUT2D eigenvalue weighted by atomic mass is 16.6. The Hall–Kier alpha value is -3.16. The minimum Gasteiger partial charge on any atom is -0.472 e. The zero-order valence-corrected chi connectivity index (χ0v) is 10.0. The quantitative estimate of drug-likeness (QED) is 0.646. The SMILES string of the molecule is O=C(NNC(=O)c1ccoc1)c1ccc([N+](=O)[O-])cc1. The number of carbonyl (C=O) groups is 2. The fourth-order valence-corrected chi connectivity index (χ4v) is 1.39. The number of nitro benzene ring substituents is 1. The van der Waals surface area contributed by atoms with Crippen molar-refractivity contribution in [2.24, 2.45) is 0 Å². The third kappa shape index (κ3) is 2.99. The fourth-order valence-electron chi connectivity index (χ4n) is 1.39. The van der Waals surface area contributed by atoms with Gasteiger partial charge in [-0.2, -0.15) is 0 Å². The number of nitro groups is 1. The summed E-state index contributed by atoms with van der Waals surface area (Å²) in [7, 11) is 0. The second-order valence-electron chi connectivity index (χ2n) is 3.72. The molecule has 0 spiro atoms. The third-order valence-corrected chi connectivity index (χ3v) is 2.41. The number of amides is 2. The van der Waals surface area contributed by atoms with E-state index >= 15 is 0 Å². The Morgan fingerprint density at radius 3 is 2.10 bits per heavy atom. The second-order valence-corrected chi connectivity index (χ2v) is 3.72. The topological polar surface area (TPSA) is 114 Å². The van der Waals surface area contributed by atoms with Crippen LogP contribution in [0.3, 0.4) is 0 Å². The van der Waals surface area contributed by atoms with E-state index in [0.717, 1.165) is 0 Å². The van der Waals surface area contributed by atoms with Crippen molar-refractivity contribution in [1.29, 1.82) is 0 Å². The number of non-ortho nitro benzene ring substituents is 1. The van der Waals surface area contributed by atoms with Crippen molar-refractivity contribution in [3.8, 4) is 0 Å². The molecular weight excluding hydrogens is 266 g/mol. The van der Waals surface area contributed by atoms with Gasteiger partial charge in [-0.15, -0.1) is 0 Å². The smallest absolute Gasteiger partial charge is 0.272 e. The Labute approximate surface area is 112 Å². The average Bonchev–Trinajstić information content (AvgIpc) is 2.98. The lowest BCUT2D eigenvalue weighted by atomic mass is 10.2. The van der Waals surface area contributed by atoms with Crippen molar-refractivity contribution in [3.63, 3.8) is 0 Å². The molecule has 0 bridgehead atoms. The molecule has 2 N–H and O–H groups in total. The molecule has 0 saturated carbocycles. The molecule has 1 heterocycles. The predicted octanol–water partition coefficient (Wildman–Crippen LogP) is 1.26. The van der Waals surface area contributed by atoms with E-state index in [9.17, 15) is 19.7 Å². The summed E-state index contributed by atoms with van der Waals surface area (Å²) >= 11 is 0. The molecule has 0 unspecified atom stereocenters. The maximum absolute atomic E-state index is 11.7. The number of hydrazine groups is 1. The number of carbonyl (C=O) groups excluding carboxylic acids is 2. The van der Waals surface area contributed by atoms with E-state index in [-0.39, 0.29) is 16.8 Å². The summed E-state index contributed by atoms with van der Waals surface area (Å²) in [5, 5.41) is 10.5. The molecule has 2 aromatic rings. The molecular formula is C12H9N3O5. The molecule has 8 nitrogen and oxygen atoms in total. The highest BCUT2D eigenvalue weighted by Crippen LogP contribution is 2.11. The molecule has 20 heavy (non-hydrogen) atoms. The van der Waals surface area contributed by atoms with Gasteiger partial charge >= 0.3 is 0 Å². The first-order valence-electron chi connectivity index (χ1n) is 5.45. The van der Waals surface area contributed by atoms with Gasteiger partial charge in [-0.1, -0.05) is 0 Å². The van der Waals surface area contributed by atoms with Gasteiger partial charge in [0.1, 0.15) is 6.26 Å². The molecule has 2 amide bonds. The molecule has 0 saturated heterocycles. The van der Waals surface area contributed by atoms with Crippen LogP contribution in [-0.4, -0.2) is 16.7 Å². The zero-order chi connectivity index (χ0) is 14.5. The Balaban J connectivity index is 1.95. The molecule has 0 aliphatic rings. The van der Waals surface area contributed by atoms with Crippen molar-refractivity contribution >= 4 is 17.5 Å². The van der Waals surface area contributed by atoms with E-state index in [1.165, 1.54) is 42.9 Å². The Morgan fingerprint density at radius 2 is 1.60 bits per heavy atom. The second kappa shape index (κ2) is 5.65. The molecule has 0 aliphatic carbocycles. The summed E-state index contributed by atoms with van der Waals surface area (Å²) in [6.07, 6.45) is 2.56. The lowest BCUT2D eigenvalue weighted by Crippen LogP contribution is -2.41. The van der Waals surface area contributed by atoms with Crippen LogP contribution in [0.1, 0.15) is 20.7 Å². The van der Waals surface area contributed by atoms with Gasteiger partial charge in [0.25, 0.3) is 17.5 Å². The first-order valence-corrected chi connectivity index (χ1v) is 5.45. The molecule has 8 heteroatoms. The van der Waals surface area contributed by atoms with E-state index < -0.39 is 16.7 Å². The van der Waals surface area contributed by atoms with Gasteiger partial charge in [-0.3, -0.25) is 30.6 Å². The lowest BCUT2D eigenvalue weighted by molar-refractivity contribution is -0.384. The normalized spacial score (nSPS) is 9.80. The van der Waals surface area contributed by atoms with E-state index in [1.807, 2.05) is 0 Å². The minimum absolute atomic E-state index is 0.121. The van der Waals surface area contributed by atoms with Crippen LogP contribution in [0.4, 0.5) is 5.69 Å². The average molecular weight is 275 g/mol. The largest absolute Gasteiger partial charge is 0.472 e. The Morgan fingerprint density at radius 1 is 1.00 bits per heavy atom. The predicted molar refractivity (Wildman–Crippen MR) is 66.7 cm³/mol. The Bertz CT molecular complexity index is 634. The standard InChI is InChI=1S/C12H9N3O5/c16-11(8-1-3-10(4-2-8)15(18)19)13-14-12(17)9-5-6-20-7-9/h1-7H,(H,13,16)(H,14,17). The van der Waals surface area contributed by atoms with Gasteiger partial charge in [0.05, 0.1) is 16.7 Å². The van der Waals surface area contributed by atoms with Crippen LogP contribution >= 0.6 is 0 Å². The van der Waals surface area contributed by atoms with E-state index in [1.54, 1.807) is 0 Å². The number of hydrogen-bond donors (Lipinski definition) is 2. The number of benzene rings is 1. The summed E-state index contributed by atoms with van der Waals surface area (Å²) in [5.41, 5.74) is 4.69. The van der Waals surface area contributed by atoms with E-state index in [0.29, 0.717) is 0 Å². The molecule has 102 valence electrons.